The van der Waals surface area contributed by atoms with Gasteiger partial charge in [-0.05, 0) is 56.9 Å². The van der Waals surface area contributed by atoms with E-state index in [9.17, 15) is 0 Å². The van der Waals surface area contributed by atoms with Gasteiger partial charge >= 0.3 is 0 Å². The molecule has 0 aromatic carbocycles. The summed E-state index contributed by atoms with van der Waals surface area (Å²) in [6, 6.07) is 1.44. The van der Waals surface area contributed by atoms with Crippen molar-refractivity contribution in [3.8, 4) is 0 Å². The van der Waals surface area contributed by atoms with Crippen LogP contribution in [0.25, 0.3) is 0 Å². The third kappa shape index (κ3) is 2.60. The van der Waals surface area contributed by atoms with Gasteiger partial charge in [-0.15, -0.1) is 0 Å². The second-order valence-electron chi connectivity index (χ2n) is 6.27. The maximum atomic E-state index is 5.95. The number of hydrogen-bond acceptors (Lipinski definition) is 2. The second-order valence-corrected chi connectivity index (χ2v) is 6.27. The molecule has 2 heteroatoms. The van der Waals surface area contributed by atoms with Gasteiger partial charge in [0.25, 0.3) is 0 Å². The summed E-state index contributed by atoms with van der Waals surface area (Å²) in [6.07, 6.45) is 6.99. The van der Waals surface area contributed by atoms with E-state index in [1.165, 1.54) is 32.1 Å². The summed E-state index contributed by atoms with van der Waals surface area (Å²) in [5.41, 5.74) is 5.95. The lowest BCUT2D eigenvalue weighted by molar-refractivity contribution is 0.0742. The molecule has 94 valence electrons. The fourth-order valence-electron chi connectivity index (χ4n) is 3.67. The lowest BCUT2D eigenvalue weighted by Crippen LogP contribution is -2.49. The first-order chi connectivity index (χ1) is 7.63. The molecular formula is C14H28N2. The van der Waals surface area contributed by atoms with Crippen molar-refractivity contribution >= 4 is 0 Å². The van der Waals surface area contributed by atoms with E-state index < -0.39 is 0 Å². The van der Waals surface area contributed by atoms with E-state index in [-0.39, 0.29) is 0 Å². The van der Waals surface area contributed by atoms with E-state index in [4.69, 9.17) is 5.73 Å². The van der Waals surface area contributed by atoms with Crippen LogP contribution >= 0.6 is 0 Å². The van der Waals surface area contributed by atoms with Gasteiger partial charge in [0.2, 0.25) is 0 Å². The van der Waals surface area contributed by atoms with Gasteiger partial charge in [0, 0.05) is 18.6 Å². The molecule has 0 aromatic rings. The minimum absolute atomic E-state index is 0.654. The summed E-state index contributed by atoms with van der Waals surface area (Å²) in [5, 5.41) is 0. The van der Waals surface area contributed by atoms with E-state index in [1.54, 1.807) is 0 Å². The Bertz CT molecular complexity index is 225. The van der Waals surface area contributed by atoms with Crippen molar-refractivity contribution in [3.63, 3.8) is 0 Å². The standard InChI is InChI=1S/C14H28N2/c1-10-4-7-13(11(2)8-10)16(3)14(9-15)12-5-6-12/h10-14H,4-9,15H2,1-3H3. The molecule has 0 aromatic heterocycles. The second kappa shape index (κ2) is 5.05. The van der Waals surface area contributed by atoms with E-state index >= 15 is 0 Å². The van der Waals surface area contributed by atoms with Gasteiger partial charge in [-0.1, -0.05) is 13.8 Å². The Labute approximate surface area is 101 Å². The highest BCUT2D eigenvalue weighted by molar-refractivity contribution is 4.92. The minimum atomic E-state index is 0.654. The smallest absolute Gasteiger partial charge is 0.0246 e. The molecule has 0 heterocycles. The van der Waals surface area contributed by atoms with Crippen LogP contribution in [0.3, 0.4) is 0 Å². The van der Waals surface area contributed by atoms with Gasteiger partial charge < -0.3 is 5.73 Å². The van der Waals surface area contributed by atoms with Crippen molar-refractivity contribution in [2.24, 2.45) is 23.5 Å². The first-order valence-electron chi connectivity index (χ1n) is 7.05. The number of nitrogens with zero attached hydrogens (tertiary/aromatic N) is 1. The molecule has 0 saturated heterocycles. The molecule has 4 unspecified atom stereocenters. The Hall–Kier alpha value is -0.0800. The van der Waals surface area contributed by atoms with E-state index in [0.717, 1.165) is 30.3 Å². The first kappa shape index (κ1) is 12.4. The average Bonchev–Trinajstić information content (AvgIpc) is 3.02. The highest BCUT2D eigenvalue weighted by Crippen LogP contribution is 2.38. The van der Waals surface area contributed by atoms with Crippen LogP contribution < -0.4 is 5.73 Å². The van der Waals surface area contributed by atoms with Gasteiger partial charge in [0.1, 0.15) is 0 Å². The van der Waals surface area contributed by atoms with Crippen molar-refractivity contribution in [3.05, 3.63) is 0 Å². The largest absolute Gasteiger partial charge is 0.329 e. The van der Waals surface area contributed by atoms with Gasteiger partial charge in [0.15, 0.2) is 0 Å². The molecule has 2 fully saturated rings. The summed E-state index contributed by atoms with van der Waals surface area (Å²) in [7, 11) is 2.31. The Balaban J connectivity index is 1.94. The van der Waals surface area contributed by atoms with Gasteiger partial charge in [-0.2, -0.15) is 0 Å². The van der Waals surface area contributed by atoms with Gasteiger partial charge in [0.05, 0.1) is 0 Å². The normalized spacial score (nSPS) is 37.7. The van der Waals surface area contributed by atoms with Crippen molar-refractivity contribution in [1.82, 2.24) is 4.90 Å². The maximum Gasteiger partial charge on any atom is 0.0246 e. The lowest BCUT2D eigenvalue weighted by atomic mass is 9.78. The van der Waals surface area contributed by atoms with E-state index in [0.29, 0.717) is 6.04 Å². The molecule has 0 amide bonds. The molecule has 2 rings (SSSR count). The van der Waals surface area contributed by atoms with Crippen LogP contribution in [0.4, 0.5) is 0 Å². The van der Waals surface area contributed by atoms with Crippen LogP contribution in [-0.2, 0) is 0 Å². The summed E-state index contributed by atoms with van der Waals surface area (Å²) in [6.45, 7) is 5.67. The Morgan fingerprint density at radius 1 is 1.19 bits per heavy atom. The molecule has 0 radical (unpaired) electrons. The maximum absolute atomic E-state index is 5.95. The minimum Gasteiger partial charge on any atom is -0.329 e. The van der Waals surface area contributed by atoms with Crippen LogP contribution in [0.5, 0.6) is 0 Å². The zero-order chi connectivity index (χ0) is 11.7. The van der Waals surface area contributed by atoms with Crippen molar-refractivity contribution in [2.75, 3.05) is 13.6 Å². The van der Waals surface area contributed by atoms with Crippen molar-refractivity contribution < 1.29 is 0 Å². The molecule has 2 saturated carbocycles. The molecule has 0 spiro atoms. The zero-order valence-corrected chi connectivity index (χ0v) is 11.2. The molecule has 0 bridgehead atoms. The third-order valence-electron chi connectivity index (χ3n) is 4.84. The van der Waals surface area contributed by atoms with Gasteiger partial charge in [-0.25, -0.2) is 0 Å². The summed E-state index contributed by atoms with van der Waals surface area (Å²) in [5.74, 6) is 2.68. The highest BCUT2D eigenvalue weighted by atomic mass is 15.2. The Morgan fingerprint density at radius 3 is 2.38 bits per heavy atom. The molecule has 2 aliphatic carbocycles. The fraction of sp³-hybridized carbons (Fsp3) is 1.00. The van der Waals surface area contributed by atoms with E-state index in [1.807, 2.05) is 0 Å². The Kier molecular flexibility index (Phi) is 3.91. The number of nitrogens with two attached hydrogens (primary N) is 1. The molecule has 16 heavy (non-hydrogen) atoms. The number of hydrogen-bond donors (Lipinski definition) is 1. The summed E-state index contributed by atoms with van der Waals surface area (Å²) >= 11 is 0. The quantitative estimate of drug-likeness (QED) is 0.795. The molecule has 2 N–H and O–H groups in total. The predicted molar refractivity (Wildman–Crippen MR) is 69.3 cm³/mol. The zero-order valence-electron chi connectivity index (χ0n) is 11.2. The van der Waals surface area contributed by atoms with Crippen LogP contribution in [0.15, 0.2) is 0 Å². The number of rotatable bonds is 4. The van der Waals surface area contributed by atoms with Crippen LogP contribution in [0, 0.1) is 17.8 Å². The molecule has 2 nitrogen and oxygen atoms in total. The molecule has 0 aliphatic heterocycles. The SMILES string of the molecule is CC1CCC(N(C)C(CN)C2CC2)C(C)C1. The predicted octanol–water partition coefficient (Wildman–Crippen LogP) is 2.48. The van der Waals surface area contributed by atoms with E-state index in [2.05, 4.69) is 25.8 Å². The average molecular weight is 224 g/mol. The molecule has 2 aliphatic rings. The van der Waals surface area contributed by atoms with Crippen LogP contribution in [-0.4, -0.2) is 30.6 Å². The first-order valence-corrected chi connectivity index (χ1v) is 7.05. The van der Waals surface area contributed by atoms with Crippen LogP contribution in [0.1, 0.15) is 46.0 Å². The summed E-state index contributed by atoms with van der Waals surface area (Å²) < 4.78 is 0. The van der Waals surface area contributed by atoms with Crippen LogP contribution in [0.2, 0.25) is 0 Å². The highest BCUT2D eigenvalue weighted by Gasteiger charge is 2.38. The molecular weight excluding hydrogens is 196 g/mol. The Morgan fingerprint density at radius 2 is 1.88 bits per heavy atom. The monoisotopic (exact) mass is 224 g/mol. The van der Waals surface area contributed by atoms with Gasteiger partial charge in [-0.3, -0.25) is 4.90 Å². The van der Waals surface area contributed by atoms with Crippen molar-refractivity contribution in [2.45, 2.75) is 58.0 Å². The summed E-state index contributed by atoms with van der Waals surface area (Å²) in [4.78, 5) is 2.62. The molecule has 4 atom stereocenters. The number of likely N-dealkylation sites (N-methyl/N-ethyl adjacent to an activating group) is 1. The topological polar surface area (TPSA) is 29.3 Å². The van der Waals surface area contributed by atoms with Crippen molar-refractivity contribution in [1.29, 1.82) is 0 Å². The fourth-order valence-corrected chi connectivity index (χ4v) is 3.67. The third-order valence-corrected chi connectivity index (χ3v) is 4.84. The lowest BCUT2D eigenvalue weighted by Gasteiger charge is -2.42.